The molecule has 0 amide bonds. The number of pyridine rings is 2. The van der Waals surface area contributed by atoms with Gasteiger partial charge in [-0.1, -0.05) is 18.2 Å². The molecule has 4 rings (SSSR count). The minimum atomic E-state index is -1.62. The first-order chi connectivity index (χ1) is 18.2. The first kappa shape index (κ1) is 27.0. The maximum absolute atomic E-state index is 16.0. The quantitative estimate of drug-likeness (QED) is 0.338. The van der Waals surface area contributed by atoms with Crippen molar-refractivity contribution in [2.75, 3.05) is 34.9 Å². The van der Waals surface area contributed by atoms with E-state index in [1.54, 1.807) is 36.5 Å². The van der Waals surface area contributed by atoms with E-state index in [4.69, 9.17) is 9.47 Å². The maximum Gasteiger partial charge on any atom is 0.217 e. The molecule has 0 aliphatic carbocycles. The van der Waals surface area contributed by atoms with E-state index >= 15 is 4.39 Å². The van der Waals surface area contributed by atoms with Crippen molar-refractivity contribution in [1.82, 2.24) is 14.9 Å². The molecule has 0 spiro atoms. The van der Waals surface area contributed by atoms with Gasteiger partial charge in [-0.25, -0.2) is 9.37 Å². The van der Waals surface area contributed by atoms with E-state index in [0.717, 1.165) is 5.69 Å². The van der Waals surface area contributed by atoms with Crippen LogP contribution in [0.2, 0.25) is 0 Å². The van der Waals surface area contributed by atoms with E-state index in [9.17, 15) is 10.4 Å². The molecular weight excluding hydrogens is 483 g/mol. The van der Waals surface area contributed by atoms with Crippen LogP contribution in [0.5, 0.6) is 11.6 Å². The minimum Gasteiger partial charge on any atom is -0.494 e. The van der Waals surface area contributed by atoms with Gasteiger partial charge in [0.05, 0.1) is 37.3 Å². The Bertz CT molecular complexity index is 1480. The highest BCUT2D eigenvalue weighted by molar-refractivity contribution is 5.82. The number of nitriles is 1. The molecule has 0 fully saturated rings. The predicted molar refractivity (Wildman–Crippen MR) is 144 cm³/mol. The van der Waals surface area contributed by atoms with Gasteiger partial charge in [0, 0.05) is 40.5 Å². The van der Waals surface area contributed by atoms with Crippen LogP contribution < -0.4 is 9.47 Å². The number of fused-ring (bicyclic) bond motifs is 1. The summed E-state index contributed by atoms with van der Waals surface area (Å²) in [4.78, 5) is 11.1. The highest BCUT2D eigenvalue weighted by atomic mass is 19.1. The molecule has 0 aliphatic heterocycles. The van der Waals surface area contributed by atoms with Gasteiger partial charge in [-0.3, -0.25) is 4.98 Å². The third-order valence-electron chi connectivity index (χ3n) is 6.79. The second kappa shape index (κ2) is 11.1. The molecule has 2 aromatic heterocycles. The zero-order valence-electron chi connectivity index (χ0n) is 22.2. The van der Waals surface area contributed by atoms with Crippen molar-refractivity contribution in [3.8, 4) is 17.7 Å². The summed E-state index contributed by atoms with van der Waals surface area (Å²) >= 11 is 0. The number of methoxy groups -OCH3 is 2. The highest BCUT2D eigenvalue weighted by Crippen LogP contribution is 2.48. The van der Waals surface area contributed by atoms with Crippen LogP contribution in [-0.2, 0) is 5.60 Å². The summed E-state index contributed by atoms with van der Waals surface area (Å²) in [6, 6.07) is 17.6. The summed E-state index contributed by atoms with van der Waals surface area (Å²) in [5, 5.41) is 22.8. The molecule has 8 heteroatoms. The summed E-state index contributed by atoms with van der Waals surface area (Å²) in [5.74, 6) is -1.24. The molecule has 2 heterocycles. The molecular formula is C30H31FN4O3. The second-order valence-corrected chi connectivity index (χ2v) is 9.57. The third kappa shape index (κ3) is 5.17. The number of benzene rings is 2. The average Bonchev–Trinajstić information content (AvgIpc) is 2.92. The van der Waals surface area contributed by atoms with Crippen LogP contribution in [0.1, 0.15) is 40.3 Å². The van der Waals surface area contributed by atoms with Gasteiger partial charge >= 0.3 is 0 Å². The zero-order chi connectivity index (χ0) is 27.4. The SMILES string of the molecule is COc1cccc([C@H](c2cc3cc(C#N)ccc3nc2OC)[C@@](O)(CCN(C)C)c2ccc(C)nc2)c1F. The molecule has 4 aromatic rings. The summed E-state index contributed by atoms with van der Waals surface area (Å²) in [5.41, 5.74) is 1.49. The largest absolute Gasteiger partial charge is 0.494 e. The van der Waals surface area contributed by atoms with Gasteiger partial charge in [0.1, 0.15) is 5.60 Å². The molecule has 2 aromatic carbocycles. The van der Waals surface area contributed by atoms with Crippen LogP contribution in [0, 0.1) is 24.1 Å². The van der Waals surface area contributed by atoms with Crippen LogP contribution in [0.4, 0.5) is 4.39 Å². The molecule has 0 aliphatic rings. The Balaban J connectivity index is 2.09. The van der Waals surface area contributed by atoms with Gasteiger partial charge in [-0.2, -0.15) is 5.26 Å². The van der Waals surface area contributed by atoms with Crippen molar-refractivity contribution in [1.29, 1.82) is 5.26 Å². The predicted octanol–water partition coefficient (Wildman–Crippen LogP) is 4.94. The number of rotatable bonds is 9. The van der Waals surface area contributed by atoms with E-state index in [2.05, 4.69) is 16.0 Å². The average molecular weight is 515 g/mol. The smallest absolute Gasteiger partial charge is 0.217 e. The number of hydrogen-bond acceptors (Lipinski definition) is 7. The van der Waals surface area contributed by atoms with Crippen LogP contribution in [0.15, 0.2) is 60.8 Å². The number of aliphatic hydroxyl groups is 1. The van der Waals surface area contributed by atoms with Crippen molar-refractivity contribution in [3.05, 3.63) is 94.6 Å². The van der Waals surface area contributed by atoms with Crippen molar-refractivity contribution < 1.29 is 19.0 Å². The lowest BCUT2D eigenvalue weighted by Crippen LogP contribution is -2.38. The van der Waals surface area contributed by atoms with Gasteiger partial charge in [-0.05, 0) is 63.8 Å². The summed E-state index contributed by atoms with van der Waals surface area (Å²) in [7, 11) is 6.72. The van der Waals surface area contributed by atoms with Gasteiger partial charge in [0.2, 0.25) is 5.88 Å². The van der Waals surface area contributed by atoms with Crippen molar-refractivity contribution in [3.63, 3.8) is 0 Å². The summed E-state index contributed by atoms with van der Waals surface area (Å²) in [6.45, 7) is 2.37. The van der Waals surface area contributed by atoms with Gasteiger partial charge in [-0.15, -0.1) is 0 Å². The second-order valence-electron chi connectivity index (χ2n) is 9.57. The molecule has 1 N–H and O–H groups in total. The lowest BCUT2D eigenvalue weighted by molar-refractivity contribution is 0.00249. The summed E-state index contributed by atoms with van der Waals surface area (Å²) in [6.07, 6.45) is 1.89. The fourth-order valence-electron chi connectivity index (χ4n) is 4.78. The fraction of sp³-hybridized carbons (Fsp3) is 0.300. The van der Waals surface area contributed by atoms with E-state index in [1.165, 1.54) is 20.3 Å². The third-order valence-corrected chi connectivity index (χ3v) is 6.79. The Morgan fingerprint density at radius 2 is 1.87 bits per heavy atom. The minimum absolute atomic E-state index is 0.0592. The van der Waals surface area contributed by atoms with Crippen LogP contribution in [-0.4, -0.2) is 54.8 Å². The lowest BCUT2D eigenvalue weighted by Gasteiger charge is -2.38. The van der Waals surface area contributed by atoms with E-state index in [0.29, 0.717) is 34.1 Å². The Labute approximate surface area is 222 Å². The van der Waals surface area contributed by atoms with Crippen LogP contribution in [0.3, 0.4) is 0 Å². The van der Waals surface area contributed by atoms with Crippen molar-refractivity contribution in [2.45, 2.75) is 24.9 Å². The number of aryl methyl sites for hydroxylation is 1. The molecule has 0 bridgehead atoms. The lowest BCUT2D eigenvalue weighted by atomic mass is 9.71. The normalized spacial score (nSPS) is 13.7. The van der Waals surface area contributed by atoms with Gasteiger partial charge < -0.3 is 19.5 Å². The van der Waals surface area contributed by atoms with E-state index < -0.39 is 17.3 Å². The van der Waals surface area contributed by atoms with E-state index in [1.807, 2.05) is 44.1 Å². The van der Waals surface area contributed by atoms with Gasteiger partial charge in [0.25, 0.3) is 0 Å². The number of halogens is 1. The van der Waals surface area contributed by atoms with Crippen LogP contribution in [0.25, 0.3) is 10.9 Å². The molecule has 0 radical (unpaired) electrons. The first-order valence-corrected chi connectivity index (χ1v) is 12.2. The molecule has 7 nitrogen and oxygen atoms in total. The Kier molecular flexibility index (Phi) is 7.91. The molecule has 38 heavy (non-hydrogen) atoms. The Morgan fingerprint density at radius 1 is 1.08 bits per heavy atom. The number of hydrogen-bond donors (Lipinski definition) is 1. The maximum atomic E-state index is 16.0. The fourth-order valence-corrected chi connectivity index (χ4v) is 4.78. The Hall–Kier alpha value is -4.06. The number of ether oxygens (including phenoxy) is 2. The topological polar surface area (TPSA) is 91.5 Å². The Morgan fingerprint density at radius 3 is 2.50 bits per heavy atom. The molecule has 0 saturated carbocycles. The van der Waals surface area contributed by atoms with Crippen molar-refractivity contribution in [2.24, 2.45) is 0 Å². The summed E-state index contributed by atoms with van der Waals surface area (Å²) < 4.78 is 27.0. The first-order valence-electron chi connectivity index (χ1n) is 12.2. The number of nitrogens with zero attached hydrogens (tertiary/aromatic N) is 4. The van der Waals surface area contributed by atoms with Crippen LogP contribution >= 0.6 is 0 Å². The molecule has 196 valence electrons. The van der Waals surface area contributed by atoms with Gasteiger partial charge in [0.15, 0.2) is 11.6 Å². The molecule has 0 unspecified atom stereocenters. The van der Waals surface area contributed by atoms with E-state index in [-0.39, 0.29) is 23.6 Å². The highest BCUT2D eigenvalue weighted by Gasteiger charge is 2.44. The standard InChI is InChI=1S/C30H31FN4O3/c1-19-9-11-22(18-33-19)30(36,13-14-35(2)3)27(23-7-6-8-26(37-4)28(23)31)24-16-21-15-20(17-32)10-12-25(21)34-29(24)38-5/h6-12,15-16,18,27,36H,13-14H2,1-5H3/t27-,30-/m1/s1. The molecule has 0 saturated heterocycles. The zero-order valence-corrected chi connectivity index (χ0v) is 22.2. The number of aromatic nitrogens is 2. The van der Waals surface area contributed by atoms with Crippen molar-refractivity contribution >= 4 is 10.9 Å². The molecule has 2 atom stereocenters. The monoisotopic (exact) mass is 514 g/mol.